The number of nitrogens with zero attached hydrogens (tertiary/aromatic N) is 1. The van der Waals surface area contributed by atoms with Crippen LogP contribution in [0, 0.1) is 0 Å². The maximum Gasteiger partial charge on any atom is 0.276 e. The molecule has 4 aromatic rings. The molecule has 0 aliphatic carbocycles. The summed E-state index contributed by atoms with van der Waals surface area (Å²) in [5.41, 5.74) is 2.77. The van der Waals surface area contributed by atoms with Crippen LogP contribution in [0.15, 0.2) is 119 Å². The molecule has 36 heavy (non-hydrogen) atoms. The Bertz CT molecular complexity index is 1510. The fraction of sp³-hybridized carbons (Fsp3) is 0.0968. The van der Waals surface area contributed by atoms with E-state index in [1.807, 2.05) is 97.1 Å². The quantitative estimate of drug-likeness (QED) is 0.272. The lowest BCUT2D eigenvalue weighted by Gasteiger charge is -2.31. The van der Waals surface area contributed by atoms with Crippen LogP contribution in [0.5, 0.6) is 0 Å². The summed E-state index contributed by atoms with van der Waals surface area (Å²) in [4.78, 5) is 30.1. The summed E-state index contributed by atoms with van der Waals surface area (Å²) in [5.74, 6) is -0.553. The molecule has 0 saturated carbocycles. The van der Waals surface area contributed by atoms with Crippen molar-refractivity contribution in [3.63, 3.8) is 0 Å². The number of ether oxygens (including phenoxy) is 1. The zero-order valence-corrected chi connectivity index (χ0v) is 21.1. The van der Waals surface area contributed by atoms with E-state index in [0.717, 1.165) is 26.9 Å². The average molecular weight is 536 g/mol. The van der Waals surface area contributed by atoms with Crippen LogP contribution in [0.4, 0.5) is 5.69 Å². The molecule has 0 radical (unpaired) electrons. The summed E-state index contributed by atoms with van der Waals surface area (Å²) in [6, 6.07) is 34.2. The van der Waals surface area contributed by atoms with Gasteiger partial charge in [0.25, 0.3) is 5.91 Å². The van der Waals surface area contributed by atoms with Crippen LogP contribution in [-0.4, -0.2) is 18.7 Å². The molecule has 0 bridgehead atoms. The third-order valence-corrected chi connectivity index (χ3v) is 7.54. The predicted octanol–water partition coefficient (Wildman–Crippen LogP) is 6.73. The van der Waals surface area contributed by atoms with E-state index >= 15 is 0 Å². The highest BCUT2D eigenvalue weighted by atomic mass is 79.9. The summed E-state index contributed by atoms with van der Waals surface area (Å²) < 4.78 is 7.73. The smallest absolute Gasteiger partial charge is 0.276 e. The highest BCUT2D eigenvalue weighted by molar-refractivity contribution is 9.10. The van der Waals surface area contributed by atoms with Gasteiger partial charge >= 0.3 is 0 Å². The largest absolute Gasteiger partial charge is 0.470 e. The fourth-order valence-electron chi connectivity index (χ4n) is 5.38. The Labute approximate surface area is 218 Å². The first kappa shape index (κ1) is 22.5. The number of amides is 1. The zero-order chi connectivity index (χ0) is 24.9. The highest BCUT2D eigenvalue weighted by Gasteiger charge is 2.63. The lowest BCUT2D eigenvalue weighted by atomic mass is 9.73. The maximum absolute atomic E-state index is 14.2. The van der Waals surface area contributed by atoms with Crippen molar-refractivity contribution in [2.75, 3.05) is 11.9 Å². The van der Waals surface area contributed by atoms with Crippen molar-refractivity contribution in [1.29, 1.82) is 0 Å². The number of hydrogen-bond acceptors (Lipinski definition) is 3. The van der Waals surface area contributed by atoms with Crippen molar-refractivity contribution in [2.45, 2.75) is 11.5 Å². The SMILES string of the molecule is CN1C(=O)C2(OC(c3ccccc3)=C(C(=O)c3ccccc3)C2c2ccc(Br)cc2)c2ccccc21. The number of carbonyl (C=O) groups is 2. The van der Waals surface area contributed by atoms with Crippen molar-refractivity contribution in [1.82, 2.24) is 0 Å². The molecule has 2 unspecified atom stereocenters. The molecule has 4 aromatic carbocycles. The molecule has 0 fully saturated rings. The molecular formula is C31H22BrNO3. The van der Waals surface area contributed by atoms with Crippen LogP contribution in [-0.2, 0) is 15.1 Å². The molecule has 1 amide bonds. The van der Waals surface area contributed by atoms with E-state index in [-0.39, 0.29) is 11.7 Å². The van der Waals surface area contributed by atoms with Gasteiger partial charge < -0.3 is 9.64 Å². The van der Waals surface area contributed by atoms with Gasteiger partial charge in [-0.3, -0.25) is 9.59 Å². The number of likely N-dealkylation sites (N-methyl/N-ethyl adjacent to an activating group) is 1. The van der Waals surface area contributed by atoms with Crippen LogP contribution < -0.4 is 4.90 Å². The Hall–Kier alpha value is -3.96. The van der Waals surface area contributed by atoms with Gasteiger partial charge in [0.1, 0.15) is 5.76 Å². The van der Waals surface area contributed by atoms with Gasteiger partial charge in [-0.1, -0.05) is 107 Å². The van der Waals surface area contributed by atoms with Crippen LogP contribution in [0.3, 0.4) is 0 Å². The number of halogens is 1. The molecule has 1 spiro atoms. The van der Waals surface area contributed by atoms with Gasteiger partial charge in [-0.2, -0.15) is 0 Å². The van der Waals surface area contributed by atoms with E-state index in [2.05, 4.69) is 15.9 Å². The van der Waals surface area contributed by atoms with Crippen molar-refractivity contribution >= 4 is 39.1 Å². The van der Waals surface area contributed by atoms with Crippen LogP contribution in [0.1, 0.15) is 33.0 Å². The van der Waals surface area contributed by atoms with E-state index in [1.54, 1.807) is 24.1 Å². The number of Topliss-reactive ketones (excluding diaryl/α,β-unsaturated/α-hetero) is 1. The van der Waals surface area contributed by atoms with Gasteiger partial charge in [0.2, 0.25) is 5.60 Å². The molecule has 4 nitrogen and oxygen atoms in total. The lowest BCUT2D eigenvalue weighted by molar-refractivity contribution is -0.135. The minimum Gasteiger partial charge on any atom is -0.470 e. The molecule has 176 valence electrons. The van der Waals surface area contributed by atoms with Crippen molar-refractivity contribution in [3.8, 4) is 0 Å². The van der Waals surface area contributed by atoms with Gasteiger partial charge in [0.05, 0.1) is 17.2 Å². The third kappa shape index (κ3) is 3.27. The van der Waals surface area contributed by atoms with E-state index in [1.165, 1.54) is 0 Å². The van der Waals surface area contributed by atoms with Crippen LogP contribution in [0.2, 0.25) is 0 Å². The van der Waals surface area contributed by atoms with E-state index in [0.29, 0.717) is 16.9 Å². The molecule has 0 saturated heterocycles. The molecule has 2 heterocycles. The molecule has 2 aliphatic heterocycles. The van der Waals surface area contributed by atoms with Gasteiger partial charge in [-0.05, 0) is 23.8 Å². The first-order valence-electron chi connectivity index (χ1n) is 11.7. The summed E-state index contributed by atoms with van der Waals surface area (Å²) >= 11 is 3.52. The fourth-order valence-corrected chi connectivity index (χ4v) is 5.64. The Kier molecular flexibility index (Phi) is 5.38. The standard InChI is InChI=1S/C31H22BrNO3/c1-33-25-15-9-8-14-24(25)31(30(33)35)27(20-16-18-23(32)19-17-20)26(28(34)21-10-4-2-5-11-21)29(36-31)22-12-6-3-7-13-22/h2-19,27H,1H3. The van der Waals surface area contributed by atoms with Crippen molar-refractivity contribution < 1.29 is 14.3 Å². The normalized spacial score (nSPS) is 20.6. The Morgan fingerprint density at radius 1 is 0.833 bits per heavy atom. The number of fused-ring (bicyclic) bond motifs is 2. The zero-order valence-electron chi connectivity index (χ0n) is 19.5. The summed E-state index contributed by atoms with van der Waals surface area (Å²) in [6.45, 7) is 0. The Balaban J connectivity index is 1.68. The number of hydrogen-bond donors (Lipinski definition) is 0. The number of ketones is 1. The lowest BCUT2D eigenvalue weighted by Crippen LogP contribution is -2.43. The second-order valence-electron chi connectivity index (χ2n) is 9.01. The molecule has 6 rings (SSSR count). The van der Waals surface area contributed by atoms with Crippen molar-refractivity contribution in [3.05, 3.63) is 141 Å². The predicted molar refractivity (Wildman–Crippen MR) is 144 cm³/mol. The highest BCUT2D eigenvalue weighted by Crippen LogP contribution is 2.60. The molecule has 0 aromatic heterocycles. The van der Waals surface area contributed by atoms with Gasteiger partial charge in [-0.15, -0.1) is 0 Å². The summed E-state index contributed by atoms with van der Waals surface area (Å²) in [7, 11) is 1.76. The van der Waals surface area contributed by atoms with Gasteiger partial charge in [0, 0.05) is 28.2 Å². The Morgan fingerprint density at radius 2 is 1.44 bits per heavy atom. The van der Waals surface area contributed by atoms with Crippen LogP contribution in [0.25, 0.3) is 5.76 Å². The number of anilines is 1. The third-order valence-electron chi connectivity index (χ3n) is 7.01. The number of benzene rings is 4. The maximum atomic E-state index is 14.2. The minimum atomic E-state index is -1.40. The van der Waals surface area contributed by atoms with Crippen molar-refractivity contribution in [2.24, 2.45) is 0 Å². The number of para-hydroxylation sites is 1. The number of rotatable bonds is 4. The topological polar surface area (TPSA) is 46.6 Å². The van der Waals surface area contributed by atoms with Gasteiger partial charge in [-0.25, -0.2) is 0 Å². The molecule has 0 N–H and O–H groups in total. The molecular weight excluding hydrogens is 514 g/mol. The van der Waals surface area contributed by atoms with E-state index < -0.39 is 11.5 Å². The molecule has 5 heteroatoms. The average Bonchev–Trinajstić information content (AvgIpc) is 3.39. The van der Waals surface area contributed by atoms with E-state index in [9.17, 15) is 9.59 Å². The first-order valence-corrected chi connectivity index (χ1v) is 12.5. The minimum absolute atomic E-state index is 0.154. The monoisotopic (exact) mass is 535 g/mol. The summed E-state index contributed by atoms with van der Waals surface area (Å²) in [5, 5.41) is 0. The second kappa shape index (κ2) is 8.61. The summed E-state index contributed by atoms with van der Waals surface area (Å²) in [6.07, 6.45) is 0. The second-order valence-corrected chi connectivity index (χ2v) is 9.92. The molecule has 2 atom stereocenters. The van der Waals surface area contributed by atoms with Crippen LogP contribution >= 0.6 is 15.9 Å². The van der Waals surface area contributed by atoms with Gasteiger partial charge in [0.15, 0.2) is 5.78 Å². The Morgan fingerprint density at radius 3 is 2.14 bits per heavy atom. The van der Waals surface area contributed by atoms with E-state index in [4.69, 9.17) is 4.74 Å². The first-order chi connectivity index (χ1) is 17.5. The number of carbonyl (C=O) groups excluding carboxylic acids is 2. The molecule has 2 aliphatic rings.